The predicted molar refractivity (Wildman–Crippen MR) is 85.2 cm³/mol. The van der Waals surface area contributed by atoms with Gasteiger partial charge in [-0.25, -0.2) is 0 Å². The van der Waals surface area contributed by atoms with Crippen LogP contribution in [-0.2, 0) is 9.59 Å². The van der Waals surface area contributed by atoms with Crippen molar-refractivity contribution in [3.8, 4) is 0 Å². The number of hydrogen-bond acceptors (Lipinski definition) is 3. The molecular weight excluding hydrogens is 292 g/mol. The third-order valence-electron chi connectivity index (χ3n) is 6.47. The van der Waals surface area contributed by atoms with E-state index in [0.29, 0.717) is 12.0 Å². The van der Waals surface area contributed by atoms with E-state index in [1.165, 1.54) is 0 Å². The predicted octanol–water partition coefficient (Wildman–Crippen LogP) is 2.23. The first kappa shape index (κ1) is 15.7. The number of carbonyl (C=O) groups excluding carboxylic acids is 3. The summed E-state index contributed by atoms with van der Waals surface area (Å²) in [5, 5.41) is 0. The minimum absolute atomic E-state index is 0.151. The van der Waals surface area contributed by atoms with Gasteiger partial charge in [0.1, 0.15) is 5.78 Å². The second-order valence-electron chi connectivity index (χ2n) is 7.41. The Labute approximate surface area is 135 Å². The Morgan fingerprint density at radius 1 is 1.00 bits per heavy atom. The Balaban J connectivity index is 1.74. The molecule has 2 N–H and O–H groups in total. The number of amides is 2. The van der Waals surface area contributed by atoms with Gasteiger partial charge in [-0.05, 0) is 30.4 Å². The second kappa shape index (κ2) is 4.91. The Hall–Kier alpha value is -2.17. The Morgan fingerprint density at radius 3 is 2.17 bits per heavy atom. The Kier molecular flexibility index (Phi) is 3.36. The average Bonchev–Trinajstić information content (AvgIpc) is 2.83. The van der Waals surface area contributed by atoms with E-state index in [-0.39, 0.29) is 24.0 Å². The molecule has 2 saturated carbocycles. The van der Waals surface area contributed by atoms with Crippen molar-refractivity contribution in [2.24, 2.45) is 16.2 Å². The molecule has 0 heterocycles. The molecule has 5 heteroatoms. The zero-order valence-electron chi connectivity index (χ0n) is 13.7. The third kappa shape index (κ3) is 1.95. The first-order chi connectivity index (χ1) is 10.7. The van der Waals surface area contributed by atoms with Crippen LogP contribution in [0.2, 0.25) is 0 Å². The van der Waals surface area contributed by atoms with Crippen molar-refractivity contribution in [3.05, 3.63) is 35.9 Å². The lowest BCUT2D eigenvalue weighted by Crippen LogP contribution is -2.52. The second-order valence-corrected chi connectivity index (χ2v) is 7.41. The number of hydrogen-bond donors (Lipinski definition) is 2. The SMILES string of the molecule is CC12CCC(C(=O)NNC(=O)c3ccccc3)(CC1=O)C2(C)C. The topological polar surface area (TPSA) is 75.3 Å². The first-order valence-corrected chi connectivity index (χ1v) is 7.94. The van der Waals surface area contributed by atoms with Crippen LogP contribution in [0.5, 0.6) is 0 Å². The number of rotatable bonds is 2. The van der Waals surface area contributed by atoms with Crippen molar-refractivity contribution in [1.29, 1.82) is 0 Å². The number of Topliss-reactive ketones (excluding diaryl/α,β-unsaturated/α-hetero) is 1. The van der Waals surface area contributed by atoms with Gasteiger partial charge in [0, 0.05) is 17.4 Å². The summed E-state index contributed by atoms with van der Waals surface area (Å²) >= 11 is 0. The first-order valence-electron chi connectivity index (χ1n) is 7.94. The van der Waals surface area contributed by atoms with E-state index < -0.39 is 16.2 Å². The van der Waals surface area contributed by atoms with Gasteiger partial charge in [-0.15, -0.1) is 0 Å². The number of ketones is 1. The molecule has 1 aromatic carbocycles. The van der Waals surface area contributed by atoms with Gasteiger partial charge < -0.3 is 0 Å². The minimum atomic E-state index is -0.733. The van der Waals surface area contributed by atoms with E-state index in [0.717, 1.165) is 6.42 Å². The molecule has 2 aliphatic carbocycles. The number of carbonyl (C=O) groups is 3. The lowest BCUT2D eigenvalue weighted by Gasteiger charge is -2.38. The Bertz CT molecular complexity index is 683. The van der Waals surface area contributed by atoms with Crippen LogP contribution in [0.4, 0.5) is 0 Å². The maximum atomic E-state index is 12.8. The highest BCUT2D eigenvalue weighted by Crippen LogP contribution is 2.70. The van der Waals surface area contributed by atoms with Gasteiger partial charge in [0.15, 0.2) is 0 Å². The highest BCUT2D eigenvalue weighted by Gasteiger charge is 2.72. The van der Waals surface area contributed by atoms with Gasteiger partial charge in [0.25, 0.3) is 5.91 Å². The maximum absolute atomic E-state index is 12.8. The fourth-order valence-electron chi connectivity index (χ4n) is 4.26. The molecule has 0 spiro atoms. The number of fused-ring (bicyclic) bond motifs is 2. The van der Waals surface area contributed by atoms with Gasteiger partial charge in [-0.1, -0.05) is 39.0 Å². The molecule has 5 nitrogen and oxygen atoms in total. The van der Waals surface area contributed by atoms with Crippen molar-refractivity contribution >= 4 is 17.6 Å². The quantitative estimate of drug-likeness (QED) is 0.822. The van der Waals surface area contributed by atoms with Crippen molar-refractivity contribution in [1.82, 2.24) is 10.9 Å². The Morgan fingerprint density at radius 2 is 1.65 bits per heavy atom. The van der Waals surface area contributed by atoms with E-state index in [4.69, 9.17) is 0 Å². The van der Waals surface area contributed by atoms with Crippen LogP contribution in [0, 0.1) is 16.2 Å². The van der Waals surface area contributed by atoms with E-state index in [1.54, 1.807) is 24.3 Å². The fraction of sp³-hybridized carbons (Fsp3) is 0.500. The molecular formula is C18H22N2O3. The van der Waals surface area contributed by atoms with Gasteiger partial charge in [-0.2, -0.15) is 0 Å². The summed E-state index contributed by atoms with van der Waals surface area (Å²) in [7, 11) is 0. The van der Waals surface area contributed by atoms with Crippen LogP contribution < -0.4 is 10.9 Å². The normalized spacial score (nSPS) is 31.0. The lowest BCUT2D eigenvalue weighted by molar-refractivity contribution is -0.137. The molecule has 2 aliphatic rings. The largest absolute Gasteiger partial charge is 0.299 e. The smallest absolute Gasteiger partial charge is 0.269 e. The molecule has 23 heavy (non-hydrogen) atoms. The van der Waals surface area contributed by atoms with Gasteiger partial charge in [0.05, 0.1) is 5.41 Å². The van der Waals surface area contributed by atoms with Crippen LogP contribution in [0.3, 0.4) is 0 Å². The van der Waals surface area contributed by atoms with E-state index in [9.17, 15) is 14.4 Å². The number of hydrazine groups is 1. The standard InChI is InChI=1S/C18H22N2O3/c1-16(2)17(3)9-10-18(16,11-13(17)21)15(23)20-19-14(22)12-7-5-4-6-8-12/h4-8H,9-11H2,1-3H3,(H,19,22)(H,20,23). The molecule has 2 amide bonds. The summed E-state index contributed by atoms with van der Waals surface area (Å²) in [4.78, 5) is 37.2. The van der Waals surface area contributed by atoms with Crippen LogP contribution in [0.25, 0.3) is 0 Å². The van der Waals surface area contributed by atoms with Crippen LogP contribution in [-0.4, -0.2) is 17.6 Å². The summed E-state index contributed by atoms with van der Waals surface area (Å²) in [5.41, 5.74) is 3.89. The summed E-state index contributed by atoms with van der Waals surface area (Å²) in [6.07, 6.45) is 1.65. The molecule has 2 bridgehead atoms. The zero-order valence-corrected chi connectivity index (χ0v) is 13.7. The zero-order chi connectivity index (χ0) is 16.9. The van der Waals surface area contributed by atoms with Crippen LogP contribution >= 0.6 is 0 Å². The van der Waals surface area contributed by atoms with E-state index in [1.807, 2.05) is 26.8 Å². The minimum Gasteiger partial charge on any atom is -0.299 e. The van der Waals surface area contributed by atoms with E-state index >= 15 is 0 Å². The highest BCUT2D eigenvalue weighted by atomic mass is 16.2. The van der Waals surface area contributed by atoms with Gasteiger partial charge in [-0.3, -0.25) is 25.2 Å². The summed E-state index contributed by atoms with van der Waals surface area (Å²) in [5.74, 6) is -0.474. The van der Waals surface area contributed by atoms with Gasteiger partial charge in [0.2, 0.25) is 5.91 Å². The third-order valence-corrected chi connectivity index (χ3v) is 6.47. The molecule has 3 rings (SSSR count). The van der Waals surface area contributed by atoms with Crippen LogP contribution in [0.15, 0.2) is 30.3 Å². The average molecular weight is 314 g/mol. The lowest BCUT2D eigenvalue weighted by atomic mass is 9.64. The van der Waals surface area contributed by atoms with Crippen LogP contribution in [0.1, 0.15) is 50.4 Å². The maximum Gasteiger partial charge on any atom is 0.269 e. The molecule has 2 fully saturated rings. The summed E-state index contributed by atoms with van der Waals surface area (Å²) in [6.45, 7) is 5.94. The molecule has 0 aromatic heterocycles. The van der Waals surface area contributed by atoms with Gasteiger partial charge >= 0.3 is 0 Å². The molecule has 2 unspecified atom stereocenters. The molecule has 1 aromatic rings. The van der Waals surface area contributed by atoms with Crippen molar-refractivity contribution in [2.45, 2.75) is 40.0 Å². The fourth-order valence-corrected chi connectivity index (χ4v) is 4.26. The van der Waals surface area contributed by atoms with Crippen molar-refractivity contribution < 1.29 is 14.4 Å². The molecule has 0 aliphatic heterocycles. The number of nitrogens with one attached hydrogen (secondary N) is 2. The molecule has 0 radical (unpaired) electrons. The summed E-state index contributed by atoms with van der Waals surface area (Å²) < 4.78 is 0. The molecule has 122 valence electrons. The summed E-state index contributed by atoms with van der Waals surface area (Å²) in [6, 6.07) is 8.69. The van der Waals surface area contributed by atoms with Crippen molar-refractivity contribution in [2.75, 3.05) is 0 Å². The molecule has 2 atom stereocenters. The number of benzene rings is 1. The van der Waals surface area contributed by atoms with Crippen molar-refractivity contribution in [3.63, 3.8) is 0 Å². The highest BCUT2D eigenvalue weighted by molar-refractivity contribution is 6.01. The monoisotopic (exact) mass is 314 g/mol. The molecule has 0 saturated heterocycles. The van der Waals surface area contributed by atoms with E-state index in [2.05, 4.69) is 10.9 Å².